The van der Waals surface area contributed by atoms with E-state index in [-0.39, 0.29) is 18.0 Å². The molecule has 0 saturated carbocycles. The average Bonchev–Trinajstić information content (AvgIpc) is 2.44. The van der Waals surface area contributed by atoms with Crippen LogP contribution in [-0.2, 0) is 10.0 Å². The molecule has 0 bridgehead atoms. The first-order chi connectivity index (χ1) is 9.99. The average molecular weight is 326 g/mol. The molecule has 0 fully saturated rings. The standard InChI is InChI=1S/C15H16ClNO3S/c1-12-11-13(16)7-8-15(12)21(18,19)17-9-10-20-14-5-3-2-4-6-14/h2-8,11,17H,9-10H2,1H3. The number of rotatable bonds is 6. The van der Waals surface area contributed by atoms with Gasteiger partial charge in [-0.05, 0) is 42.8 Å². The summed E-state index contributed by atoms with van der Waals surface area (Å²) in [6.07, 6.45) is 0. The van der Waals surface area contributed by atoms with Crippen molar-refractivity contribution in [1.82, 2.24) is 4.72 Å². The Bertz CT molecular complexity index is 702. The molecule has 21 heavy (non-hydrogen) atoms. The van der Waals surface area contributed by atoms with Gasteiger partial charge in [0.15, 0.2) is 0 Å². The Hall–Kier alpha value is -1.56. The van der Waals surface area contributed by atoms with Crippen LogP contribution in [0.5, 0.6) is 5.75 Å². The number of benzene rings is 2. The van der Waals surface area contributed by atoms with Crippen LogP contribution in [-0.4, -0.2) is 21.6 Å². The summed E-state index contributed by atoms with van der Waals surface area (Å²) in [5, 5.41) is 0.513. The van der Waals surface area contributed by atoms with Gasteiger partial charge in [-0.25, -0.2) is 13.1 Å². The molecular weight excluding hydrogens is 310 g/mol. The number of halogens is 1. The van der Waals surface area contributed by atoms with Gasteiger partial charge in [-0.2, -0.15) is 0 Å². The van der Waals surface area contributed by atoms with Crippen molar-refractivity contribution in [1.29, 1.82) is 0 Å². The van der Waals surface area contributed by atoms with E-state index < -0.39 is 10.0 Å². The van der Waals surface area contributed by atoms with Gasteiger partial charge in [-0.15, -0.1) is 0 Å². The quantitative estimate of drug-likeness (QED) is 0.831. The van der Waals surface area contributed by atoms with Gasteiger partial charge in [0.25, 0.3) is 0 Å². The zero-order valence-corrected chi connectivity index (χ0v) is 13.1. The van der Waals surface area contributed by atoms with Crippen molar-refractivity contribution < 1.29 is 13.2 Å². The van der Waals surface area contributed by atoms with E-state index in [1.807, 2.05) is 30.3 Å². The fraction of sp³-hybridized carbons (Fsp3) is 0.200. The van der Waals surface area contributed by atoms with Crippen LogP contribution in [0.3, 0.4) is 0 Å². The third-order valence-corrected chi connectivity index (χ3v) is 4.69. The number of hydrogen-bond donors (Lipinski definition) is 1. The number of nitrogens with one attached hydrogen (secondary N) is 1. The maximum atomic E-state index is 12.2. The van der Waals surface area contributed by atoms with E-state index in [1.165, 1.54) is 6.07 Å². The Morgan fingerprint density at radius 2 is 1.86 bits per heavy atom. The van der Waals surface area contributed by atoms with Crippen LogP contribution in [0.1, 0.15) is 5.56 Å². The highest BCUT2D eigenvalue weighted by atomic mass is 35.5. The lowest BCUT2D eigenvalue weighted by Crippen LogP contribution is -2.28. The lowest BCUT2D eigenvalue weighted by Gasteiger charge is -2.10. The second kappa shape index (κ2) is 6.93. The summed E-state index contributed by atoms with van der Waals surface area (Å²) in [7, 11) is -3.55. The van der Waals surface area contributed by atoms with Gasteiger partial charge in [-0.3, -0.25) is 0 Å². The van der Waals surface area contributed by atoms with Gasteiger partial charge in [-0.1, -0.05) is 29.8 Å². The molecule has 2 aromatic carbocycles. The van der Waals surface area contributed by atoms with Gasteiger partial charge in [0, 0.05) is 11.6 Å². The number of ether oxygens (including phenoxy) is 1. The van der Waals surface area contributed by atoms with Crippen molar-refractivity contribution in [3.63, 3.8) is 0 Å². The first kappa shape index (κ1) is 15.8. The molecule has 112 valence electrons. The molecule has 0 spiro atoms. The molecule has 0 amide bonds. The number of hydrogen-bond acceptors (Lipinski definition) is 3. The minimum absolute atomic E-state index is 0.194. The molecule has 0 radical (unpaired) electrons. The van der Waals surface area contributed by atoms with E-state index >= 15 is 0 Å². The summed E-state index contributed by atoms with van der Waals surface area (Å²) in [4.78, 5) is 0.228. The summed E-state index contributed by atoms with van der Waals surface area (Å²) < 4.78 is 32.3. The van der Waals surface area contributed by atoms with Crippen molar-refractivity contribution in [2.45, 2.75) is 11.8 Å². The summed E-state index contributed by atoms with van der Waals surface area (Å²) >= 11 is 5.83. The van der Waals surface area contributed by atoms with E-state index in [9.17, 15) is 8.42 Å². The molecule has 0 unspecified atom stereocenters. The second-order valence-corrected chi connectivity index (χ2v) is 6.64. The van der Waals surface area contributed by atoms with Crippen molar-refractivity contribution in [3.8, 4) is 5.75 Å². The predicted molar refractivity (Wildman–Crippen MR) is 83.3 cm³/mol. The molecular formula is C15H16ClNO3S. The van der Waals surface area contributed by atoms with Crippen molar-refractivity contribution in [2.75, 3.05) is 13.2 Å². The van der Waals surface area contributed by atoms with Gasteiger partial charge < -0.3 is 4.74 Å². The van der Waals surface area contributed by atoms with E-state index in [0.29, 0.717) is 16.3 Å². The molecule has 0 aromatic heterocycles. The minimum atomic E-state index is -3.55. The summed E-state index contributed by atoms with van der Waals surface area (Å²) in [6.45, 7) is 2.16. The van der Waals surface area contributed by atoms with Crippen molar-refractivity contribution in [2.24, 2.45) is 0 Å². The molecule has 2 aromatic rings. The fourth-order valence-electron chi connectivity index (χ4n) is 1.85. The Balaban J connectivity index is 1.92. The minimum Gasteiger partial charge on any atom is -0.492 e. The smallest absolute Gasteiger partial charge is 0.240 e. The van der Waals surface area contributed by atoms with Gasteiger partial charge in [0.1, 0.15) is 12.4 Å². The fourth-order valence-corrected chi connectivity index (χ4v) is 3.32. The molecule has 2 rings (SSSR count). The predicted octanol–water partition coefficient (Wildman–Crippen LogP) is 3.01. The Labute approximate surface area is 129 Å². The summed E-state index contributed by atoms with van der Waals surface area (Å²) in [5.74, 6) is 0.708. The molecule has 6 heteroatoms. The largest absolute Gasteiger partial charge is 0.492 e. The monoisotopic (exact) mass is 325 g/mol. The Kier molecular flexibility index (Phi) is 5.22. The molecule has 0 aliphatic rings. The third kappa shape index (κ3) is 4.46. The SMILES string of the molecule is Cc1cc(Cl)ccc1S(=O)(=O)NCCOc1ccccc1. The van der Waals surface area contributed by atoms with Crippen LogP contribution >= 0.6 is 11.6 Å². The topological polar surface area (TPSA) is 55.4 Å². The first-order valence-corrected chi connectivity index (χ1v) is 8.29. The van der Waals surface area contributed by atoms with Crippen LogP contribution in [0.4, 0.5) is 0 Å². The van der Waals surface area contributed by atoms with Crippen LogP contribution in [0.15, 0.2) is 53.4 Å². The van der Waals surface area contributed by atoms with Gasteiger partial charge in [0.05, 0.1) is 4.90 Å². The molecule has 4 nitrogen and oxygen atoms in total. The summed E-state index contributed by atoms with van der Waals surface area (Å²) in [5.41, 5.74) is 0.610. The second-order valence-electron chi connectivity index (χ2n) is 4.47. The zero-order valence-electron chi connectivity index (χ0n) is 11.5. The van der Waals surface area contributed by atoms with Crippen molar-refractivity contribution >= 4 is 21.6 Å². The maximum Gasteiger partial charge on any atom is 0.240 e. The lowest BCUT2D eigenvalue weighted by atomic mass is 10.2. The van der Waals surface area contributed by atoms with E-state index in [2.05, 4.69) is 4.72 Å². The molecule has 0 aliphatic heterocycles. The number of sulfonamides is 1. The number of para-hydroxylation sites is 1. The van der Waals surface area contributed by atoms with E-state index in [0.717, 1.165) is 0 Å². The Morgan fingerprint density at radius 3 is 2.52 bits per heavy atom. The highest BCUT2D eigenvalue weighted by Gasteiger charge is 2.16. The van der Waals surface area contributed by atoms with Crippen LogP contribution < -0.4 is 9.46 Å². The Morgan fingerprint density at radius 1 is 1.14 bits per heavy atom. The molecule has 0 saturated heterocycles. The van der Waals surface area contributed by atoms with Gasteiger partial charge >= 0.3 is 0 Å². The first-order valence-electron chi connectivity index (χ1n) is 6.43. The van der Waals surface area contributed by atoms with Crippen LogP contribution in [0.2, 0.25) is 5.02 Å². The van der Waals surface area contributed by atoms with E-state index in [1.54, 1.807) is 19.1 Å². The third-order valence-electron chi connectivity index (χ3n) is 2.83. The molecule has 1 N–H and O–H groups in total. The number of aryl methyl sites for hydroxylation is 1. The highest BCUT2D eigenvalue weighted by Crippen LogP contribution is 2.19. The van der Waals surface area contributed by atoms with Crippen LogP contribution in [0, 0.1) is 6.92 Å². The summed E-state index contributed by atoms with van der Waals surface area (Å²) in [6, 6.07) is 13.9. The lowest BCUT2D eigenvalue weighted by molar-refractivity contribution is 0.323. The molecule has 0 heterocycles. The molecule has 0 atom stereocenters. The molecule has 0 aliphatic carbocycles. The maximum absolute atomic E-state index is 12.2. The normalized spacial score (nSPS) is 11.3. The van der Waals surface area contributed by atoms with Gasteiger partial charge in [0.2, 0.25) is 10.0 Å². The zero-order chi connectivity index (χ0) is 15.3. The van der Waals surface area contributed by atoms with Crippen molar-refractivity contribution in [3.05, 3.63) is 59.1 Å². The van der Waals surface area contributed by atoms with E-state index in [4.69, 9.17) is 16.3 Å². The highest BCUT2D eigenvalue weighted by molar-refractivity contribution is 7.89. The van der Waals surface area contributed by atoms with Crippen LogP contribution in [0.25, 0.3) is 0 Å².